The molecule has 0 radical (unpaired) electrons. The molecule has 1 aromatic heterocycles. The molecule has 1 rings (SSSR count). The van der Waals surface area contributed by atoms with E-state index in [9.17, 15) is 8.42 Å². The molecular formula is C7H11N3O2S. The Hall–Kier alpha value is -1.17. The number of nitrogens with one attached hydrogen (secondary N) is 1. The van der Waals surface area contributed by atoms with Crippen LogP contribution in [0.2, 0.25) is 0 Å². The molecule has 1 N–H and O–H groups in total. The molecule has 1 aromatic rings. The largest absolute Gasteiger partial charge is 0.251 e. The van der Waals surface area contributed by atoms with Crippen LogP contribution >= 0.6 is 0 Å². The average molecular weight is 201 g/mol. The van der Waals surface area contributed by atoms with Crippen molar-refractivity contribution in [2.24, 2.45) is 0 Å². The van der Waals surface area contributed by atoms with Gasteiger partial charge in [-0.25, -0.2) is 18.4 Å². The molecule has 0 aliphatic heterocycles. The second kappa shape index (κ2) is 3.69. The van der Waals surface area contributed by atoms with Crippen molar-refractivity contribution in [1.82, 2.24) is 9.97 Å². The maximum absolute atomic E-state index is 11.1. The highest BCUT2D eigenvalue weighted by Gasteiger charge is 2.07. The Morgan fingerprint density at radius 3 is 2.77 bits per heavy atom. The number of hydrogen-bond donors (Lipinski definition) is 1. The van der Waals surface area contributed by atoms with Crippen LogP contribution in [0.15, 0.2) is 12.3 Å². The van der Waals surface area contributed by atoms with E-state index in [1.807, 2.05) is 0 Å². The Labute approximate surface area is 77.3 Å². The molecule has 0 fully saturated rings. The van der Waals surface area contributed by atoms with Crippen LogP contribution in [-0.2, 0) is 10.0 Å². The molecule has 0 saturated heterocycles. The van der Waals surface area contributed by atoms with E-state index in [-0.39, 0.29) is 11.7 Å². The van der Waals surface area contributed by atoms with E-state index in [1.165, 1.54) is 6.20 Å². The van der Waals surface area contributed by atoms with Gasteiger partial charge in [-0.2, -0.15) is 0 Å². The fraction of sp³-hybridized carbons (Fsp3) is 0.429. The summed E-state index contributed by atoms with van der Waals surface area (Å²) in [5, 5.41) is 0. The van der Waals surface area contributed by atoms with Crippen LogP contribution in [-0.4, -0.2) is 24.1 Å². The fourth-order valence-electron chi connectivity index (χ4n) is 0.709. The van der Waals surface area contributed by atoms with Crippen LogP contribution in [0.25, 0.3) is 0 Å². The van der Waals surface area contributed by atoms with Crippen molar-refractivity contribution >= 4 is 16.0 Å². The van der Waals surface area contributed by atoms with Gasteiger partial charge in [-0.3, -0.25) is 4.72 Å². The molecule has 0 aliphatic carbocycles. The normalized spacial score (nSPS) is 11.2. The number of aromatic nitrogens is 2. The monoisotopic (exact) mass is 201 g/mol. The molecule has 1 heterocycles. The van der Waals surface area contributed by atoms with Gasteiger partial charge in [-0.05, 0) is 19.9 Å². The van der Waals surface area contributed by atoms with Crippen LogP contribution in [0.3, 0.4) is 0 Å². The summed E-state index contributed by atoms with van der Waals surface area (Å²) in [6.07, 6.45) is 1.51. The second-order valence-corrected chi connectivity index (χ2v) is 4.54. The first kappa shape index (κ1) is 9.91. The Balaban J connectivity index is 2.87. The topological polar surface area (TPSA) is 72.0 Å². The first-order valence-corrected chi connectivity index (χ1v) is 5.49. The van der Waals surface area contributed by atoms with Crippen molar-refractivity contribution in [1.29, 1.82) is 0 Å². The minimum absolute atomic E-state index is 0.0182. The minimum atomic E-state index is -3.26. The van der Waals surface area contributed by atoms with Crippen molar-refractivity contribution in [3.8, 4) is 0 Å². The zero-order valence-corrected chi connectivity index (χ0v) is 8.30. The van der Waals surface area contributed by atoms with Gasteiger partial charge in [-0.15, -0.1) is 0 Å². The predicted molar refractivity (Wildman–Crippen MR) is 49.9 cm³/mol. The van der Waals surface area contributed by atoms with E-state index in [2.05, 4.69) is 14.7 Å². The predicted octanol–water partition coefficient (Wildman–Crippen LogP) is 0.547. The molecule has 0 unspecified atom stereocenters. The van der Waals surface area contributed by atoms with Crippen LogP contribution in [0, 0.1) is 6.92 Å². The van der Waals surface area contributed by atoms with Gasteiger partial charge >= 0.3 is 0 Å². The van der Waals surface area contributed by atoms with Gasteiger partial charge in [-0.1, -0.05) is 0 Å². The third-order valence-electron chi connectivity index (χ3n) is 1.42. The summed E-state index contributed by atoms with van der Waals surface area (Å²) in [7, 11) is -3.26. The van der Waals surface area contributed by atoms with Crippen LogP contribution in [0.4, 0.5) is 5.95 Å². The summed E-state index contributed by atoms with van der Waals surface area (Å²) < 4.78 is 24.4. The first-order valence-electron chi connectivity index (χ1n) is 3.83. The quantitative estimate of drug-likeness (QED) is 0.775. The van der Waals surface area contributed by atoms with Crippen molar-refractivity contribution in [2.45, 2.75) is 13.8 Å². The van der Waals surface area contributed by atoms with Crippen molar-refractivity contribution in [3.05, 3.63) is 18.0 Å². The van der Waals surface area contributed by atoms with Gasteiger partial charge in [0.25, 0.3) is 0 Å². The van der Waals surface area contributed by atoms with Crippen LogP contribution in [0.5, 0.6) is 0 Å². The van der Waals surface area contributed by atoms with E-state index in [0.29, 0.717) is 0 Å². The van der Waals surface area contributed by atoms with Crippen LogP contribution < -0.4 is 4.72 Å². The Bertz CT molecular complexity index is 388. The summed E-state index contributed by atoms with van der Waals surface area (Å²) in [4.78, 5) is 7.68. The van der Waals surface area contributed by atoms with Gasteiger partial charge in [0.2, 0.25) is 16.0 Å². The smallest absolute Gasteiger partial charge is 0.236 e. The van der Waals surface area contributed by atoms with E-state index in [4.69, 9.17) is 0 Å². The van der Waals surface area contributed by atoms with E-state index in [1.54, 1.807) is 19.9 Å². The minimum Gasteiger partial charge on any atom is -0.251 e. The molecule has 0 aliphatic rings. The summed E-state index contributed by atoms with van der Waals surface area (Å²) in [6, 6.07) is 1.70. The molecule has 0 amide bonds. The standard InChI is InChI=1S/C7H11N3O2S/c1-3-13(11,12)10-7-8-5-4-6(2)9-7/h4-5H,3H2,1-2H3,(H,8,9,10). The summed E-state index contributed by atoms with van der Waals surface area (Å²) >= 11 is 0. The molecule has 0 aromatic carbocycles. The summed E-state index contributed by atoms with van der Waals surface area (Å²) in [5.74, 6) is 0.145. The molecular weight excluding hydrogens is 190 g/mol. The molecule has 0 saturated carbocycles. The number of anilines is 1. The first-order chi connectivity index (χ1) is 6.03. The maximum atomic E-state index is 11.1. The number of nitrogens with zero attached hydrogens (tertiary/aromatic N) is 2. The average Bonchev–Trinajstić information content (AvgIpc) is 2.03. The summed E-state index contributed by atoms with van der Waals surface area (Å²) in [5.41, 5.74) is 0.726. The number of sulfonamides is 1. The number of rotatable bonds is 3. The highest BCUT2D eigenvalue weighted by molar-refractivity contribution is 7.92. The molecule has 6 heteroatoms. The van der Waals surface area contributed by atoms with E-state index < -0.39 is 10.0 Å². The molecule has 0 atom stereocenters. The zero-order chi connectivity index (χ0) is 9.90. The third kappa shape index (κ3) is 2.98. The van der Waals surface area contributed by atoms with Gasteiger partial charge < -0.3 is 0 Å². The second-order valence-electron chi connectivity index (χ2n) is 2.53. The Morgan fingerprint density at radius 1 is 1.54 bits per heavy atom. The van der Waals surface area contributed by atoms with Gasteiger partial charge in [0.1, 0.15) is 0 Å². The Morgan fingerprint density at radius 2 is 2.23 bits per heavy atom. The highest BCUT2D eigenvalue weighted by atomic mass is 32.2. The lowest BCUT2D eigenvalue weighted by molar-refractivity contribution is 0.602. The summed E-state index contributed by atoms with van der Waals surface area (Å²) in [6.45, 7) is 3.32. The molecule has 72 valence electrons. The van der Waals surface area contributed by atoms with Crippen molar-refractivity contribution in [3.63, 3.8) is 0 Å². The lowest BCUT2D eigenvalue weighted by atomic mass is 10.5. The lowest BCUT2D eigenvalue weighted by Gasteiger charge is -2.03. The molecule has 0 bridgehead atoms. The third-order valence-corrected chi connectivity index (χ3v) is 2.68. The highest BCUT2D eigenvalue weighted by Crippen LogP contribution is 2.01. The SMILES string of the molecule is CCS(=O)(=O)Nc1nccc(C)n1. The van der Waals surface area contributed by atoms with E-state index >= 15 is 0 Å². The van der Waals surface area contributed by atoms with E-state index in [0.717, 1.165) is 5.69 Å². The fourth-order valence-corrected chi connectivity index (χ4v) is 1.23. The van der Waals surface area contributed by atoms with Crippen LogP contribution in [0.1, 0.15) is 12.6 Å². The molecule has 13 heavy (non-hydrogen) atoms. The van der Waals surface area contributed by atoms with Gasteiger partial charge in [0, 0.05) is 11.9 Å². The Kier molecular flexibility index (Phi) is 2.82. The number of hydrogen-bond acceptors (Lipinski definition) is 4. The van der Waals surface area contributed by atoms with Gasteiger partial charge in [0.15, 0.2) is 0 Å². The van der Waals surface area contributed by atoms with Crippen molar-refractivity contribution in [2.75, 3.05) is 10.5 Å². The molecule has 0 spiro atoms. The van der Waals surface area contributed by atoms with Gasteiger partial charge in [0.05, 0.1) is 5.75 Å². The van der Waals surface area contributed by atoms with Crippen molar-refractivity contribution < 1.29 is 8.42 Å². The zero-order valence-electron chi connectivity index (χ0n) is 7.48. The molecule has 5 nitrogen and oxygen atoms in total. The maximum Gasteiger partial charge on any atom is 0.236 e. The number of aryl methyl sites for hydroxylation is 1. The lowest BCUT2D eigenvalue weighted by Crippen LogP contribution is -2.16.